The summed E-state index contributed by atoms with van der Waals surface area (Å²) in [6, 6.07) is 7.85. The van der Waals surface area contributed by atoms with Crippen LogP contribution in [-0.2, 0) is 9.59 Å². The molecule has 1 aliphatic rings. The Bertz CT molecular complexity index is 562. The normalized spacial score (nSPS) is 21.8. The van der Waals surface area contributed by atoms with Gasteiger partial charge >= 0.3 is 0 Å². The summed E-state index contributed by atoms with van der Waals surface area (Å²) in [7, 11) is 0. The lowest BCUT2D eigenvalue weighted by Crippen LogP contribution is -2.51. The highest BCUT2D eigenvalue weighted by atomic mass is 32.2. The first-order valence-corrected chi connectivity index (χ1v) is 9.50. The fourth-order valence-electron chi connectivity index (χ4n) is 2.59. The topological polar surface area (TPSA) is 70.2 Å². The van der Waals surface area contributed by atoms with Crippen molar-refractivity contribution < 1.29 is 9.59 Å². The first-order chi connectivity index (χ1) is 11.5. The Kier molecular flexibility index (Phi) is 7.12. The van der Waals surface area contributed by atoms with Crippen LogP contribution in [0.25, 0.3) is 0 Å². The van der Waals surface area contributed by atoms with Gasteiger partial charge in [0.05, 0.1) is 11.0 Å². The lowest BCUT2D eigenvalue weighted by molar-refractivity contribution is -0.121. The van der Waals surface area contributed by atoms with Gasteiger partial charge < -0.3 is 16.0 Å². The molecule has 3 unspecified atom stereocenters. The number of hydrogen-bond acceptors (Lipinski definition) is 4. The Morgan fingerprint density at radius 2 is 2.04 bits per heavy atom. The van der Waals surface area contributed by atoms with Gasteiger partial charge in [0.1, 0.15) is 0 Å². The average molecular weight is 350 g/mol. The van der Waals surface area contributed by atoms with Crippen molar-refractivity contribution in [1.82, 2.24) is 10.6 Å². The van der Waals surface area contributed by atoms with Crippen LogP contribution in [0, 0.1) is 12.8 Å². The van der Waals surface area contributed by atoms with E-state index >= 15 is 0 Å². The van der Waals surface area contributed by atoms with E-state index in [9.17, 15) is 9.59 Å². The van der Waals surface area contributed by atoms with Gasteiger partial charge in [-0.05, 0) is 44.9 Å². The largest absolute Gasteiger partial charge is 0.351 e. The molecule has 0 aliphatic carbocycles. The van der Waals surface area contributed by atoms with Crippen molar-refractivity contribution in [3.63, 3.8) is 0 Å². The van der Waals surface area contributed by atoms with Crippen LogP contribution in [0.4, 0.5) is 5.69 Å². The van der Waals surface area contributed by atoms with E-state index in [2.05, 4.69) is 22.9 Å². The number of thioether (sulfide) groups is 1. The zero-order valence-electron chi connectivity index (χ0n) is 14.6. The monoisotopic (exact) mass is 349 g/mol. The molecule has 0 saturated carbocycles. The second-order valence-electron chi connectivity index (χ2n) is 6.45. The summed E-state index contributed by atoms with van der Waals surface area (Å²) in [5.74, 6) is 0.665. The van der Waals surface area contributed by atoms with Crippen LogP contribution in [0.2, 0.25) is 0 Å². The molecule has 0 spiro atoms. The van der Waals surface area contributed by atoms with E-state index < -0.39 is 0 Å². The Morgan fingerprint density at radius 1 is 1.33 bits per heavy atom. The van der Waals surface area contributed by atoms with Crippen molar-refractivity contribution in [3.8, 4) is 0 Å². The molecule has 0 bridgehead atoms. The molecule has 24 heavy (non-hydrogen) atoms. The van der Waals surface area contributed by atoms with Gasteiger partial charge in [-0.25, -0.2) is 0 Å². The molecule has 0 radical (unpaired) electrons. The van der Waals surface area contributed by atoms with Crippen LogP contribution < -0.4 is 16.0 Å². The van der Waals surface area contributed by atoms with E-state index in [1.54, 1.807) is 0 Å². The third kappa shape index (κ3) is 5.83. The number of carbonyl (C=O) groups excluding carboxylic acids is 2. The fraction of sp³-hybridized carbons (Fsp3) is 0.556. The molecular weight excluding hydrogens is 322 g/mol. The van der Waals surface area contributed by atoms with Gasteiger partial charge in [0.25, 0.3) is 0 Å². The minimum Gasteiger partial charge on any atom is -0.351 e. The van der Waals surface area contributed by atoms with Crippen LogP contribution in [0.3, 0.4) is 0 Å². The highest BCUT2D eigenvalue weighted by Gasteiger charge is 2.25. The molecule has 1 aliphatic heterocycles. The lowest BCUT2D eigenvalue weighted by Gasteiger charge is -2.31. The third-order valence-electron chi connectivity index (χ3n) is 4.32. The smallest absolute Gasteiger partial charge is 0.234 e. The van der Waals surface area contributed by atoms with Gasteiger partial charge in [0, 0.05) is 18.3 Å². The second-order valence-corrected chi connectivity index (χ2v) is 7.78. The maximum Gasteiger partial charge on any atom is 0.234 e. The van der Waals surface area contributed by atoms with Gasteiger partial charge in [-0.15, -0.1) is 11.8 Å². The fourth-order valence-corrected chi connectivity index (χ4v) is 3.29. The standard InChI is InChI=1S/C18H27N3O2S/c1-12-4-6-15(7-5-12)20-17(22)11-24-14(3)18(23)21-16-10-19-9-8-13(16)2/h4-7,13-14,16,19H,8-11H2,1-3H3,(H,20,22)(H,21,23). The predicted molar refractivity (Wildman–Crippen MR) is 100 cm³/mol. The molecular formula is C18H27N3O2S. The van der Waals surface area contributed by atoms with Gasteiger partial charge in [-0.3, -0.25) is 9.59 Å². The molecule has 132 valence electrons. The quantitative estimate of drug-likeness (QED) is 0.736. The van der Waals surface area contributed by atoms with Crippen molar-refractivity contribution in [3.05, 3.63) is 29.8 Å². The number of anilines is 1. The minimum absolute atomic E-state index is 0.00341. The number of piperidine rings is 1. The van der Waals surface area contributed by atoms with Crippen LogP contribution in [0.1, 0.15) is 25.8 Å². The molecule has 1 aromatic carbocycles. The van der Waals surface area contributed by atoms with Gasteiger partial charge in [-0.1, -0.05) is 24.6 Å². The van der Waals surface area contributed by atoms with Crippen molar-refractivity contribution in [2.75, 3.05) is 24.2 Å². The first-order valence-electron chi connectivity index (χ1n) is 8.45. The maximum atomic E-state index is 12.3. The summed E-state index contributed by atoms with van der Waals surface area (Å²) >= 11 is 1.36. The number of aryl methyl sites for hydroxylation is 1. The molecule has 1 heterocycles. The number of amides is 2. The highest BCUT2D eigenvalue weighted by molar-refractivity contribution is 8.01. The van der Waals surface area contributed by atoms with E-state index in [0.717, 1.165) is 30.8 Å². The van der Waals surface area contributed by atoms with Crippen LogP contribution in [-0.4, -0.2) is 41.9 Å². The summed E-state index contributed by atoms with van der Waals surface area (Å²) in [6.07, 6.45) is 1.07. The lowest BCUT2D eigenvalue weighted by atomic mass is 9.95. The van der Waals surface area contributed by atoms with Gasteiger partial charge in [0.2, 0.25) is 11.8 Å². The second kappa shape index (κ2) is 9.08. The van der Waals surface area contributed by atoms with E-state index in [1.807, 2.05) is 38.1 Å². The number of hydrogen-bond donors (Lipinski definition) is 3. The van der Waals surface area contributed by atoms with Crippen molar-refractivity contribution in [2.45, 2.75) is 38.5 Å². The molecule has 6 heteroatoms. The number of benzene rings is 1. The van der Waals surface area contributed by atoms with Gasteiger partial charge in [0.15, 0.2) is 0 Å². The van der Waals surface area contributed by atoms with Crippen molar-refractivity contribution >= 4 is 29.3 Å². The Labute approximate surface area is 148 Å². The molecule has 2 rings (SSSR count). The molecule has 0 aromatic heterocycles. The summed E-state index contributed by atoms with van der Waals surface area (Å²) in [4.78, 5) is 24.3. The molecule has 1 aromatic rings. The molecule has 5 nitrogen and oxygen atoms in total. The molecule has 1 fully saturated rings. The van der Waals surface area contributed by atoms with E-state index in [4.69, 9.17) is 0 Å². The summed E-state index contributed by atoms with van der Waals surface area (Å²) < 4.78 is 0. The third-order valence-corrected chi connectivity index (χ3v) is 5.47. The number of nitrogens with one attached hydrogen (secondary N) is 3. The molecule has 3 N–H and O–H groups in total. The van der Waals surface area contributed by atoms with E-state index in [1.165, 1.54) is 11.8 Å². The molecule has 2 amide bonds. The average Bonchev–Trinajstić information content (AvgIpc) is 2.56. The van der Waals surface area contributed by atoms with Crippen LogP contribution in [0.15, 0.2) is 24.3 Å². The number of rotatable bonds is 6. The zero-order chi connectivity index (χ0) is 17.5. The van der Waals surface area contributed by atoms with Crippen molar-refractivity contribution in [1.29, 1.82) is 0 Å². The summed E-state index contributed by atoms with van der Waals surface area (Å²) in [5.41, 5.74) is 1.93. The van der Waals surface area contributed by atoms with Gasteiger partial charge in [-0.2, -0.15) is 0 Å². The molecule has 1 saturated heterocycles. The van der Waals surface area contributed by atoms with Crippen molar-refractivity contribution in [2.24, 2.45) is 5.92 Å². The Balaban J connectivity index is 1.73. The maximum absolute atomic E-state index is 12.3. The van der Waals surface area contributed by atoms with Crippen LogP contribution in [0.5, 0.6) is 0 Å². The summed E-state index contributed by atoms with van der Waals surface area (Å²) in [6.45, 7) is 7.85. The molecule has 3 atom stereocenters. The SMILES string of the molecule is Cc1ccc(NC(=O)CSC(C)C(=O)NC2CNCCC2C)cc1. The Morgan fingerprint density at radius 3 is 2.71 bits per heavy atom. The minimum atomic E-state index is -0.247. The Hall–Kier alpha value is -1.53. The number of carbonyl (C=O) groups is 2. The van der Waals surface area contributed by atoms with Crippen LogP contribution >= 0.6 is 11.8 Å². The zero-order valence-corrected chi connectivity index (χ0v) is 15.4. The first kappa shape index (κ1) is 18.8. The van der Waals surface area contributed by atoms with E-state index in [-0.39, 0.29) is 28.9 Å². The van der Waals surface area contributed by atoms with E-state index in [0.29, 0.717) is 5.92 Å². The highest BCUT2D eigenvalue weighted by Crippen LogP contribution is 2.15. The predicted octanol–water partition coefficient (Wildman–Crippen LogP) is 2.17. The summed E-state index contributed by atoms with van der Waals surface area (Å²) in [5, 5.41) is 9.00.